The molecule has 1 aliphatic heterocycles. The SMILES string of the molecule is C#CCOc1ccc(-c2cc3ccc(-c4cc5ccc(N6CCN(C)CC6)cc5[nH]4)cc3[nH]2)cc1. The molecule has 1 aliphatic rings. The Morgan fingerprint density at radius 3 is 2.11 bits per heavy atom. The molecule has 3 aromatic carbocycles. The molecule has 0 unspecified atom stereocenters. The first-order valence-corrected chi connectivity index (χ1v) is 12.0. The Morgan fingerprint density at radius 1 is 0.771 bits per heavy atom. The van der Waals surface area contributed by atoms with E-state index < -0.39 is 0 Å². The Kier molecular flexibility index (Phi) is 5.44. The summed E-state index contributed by atoms with van der Waals surface area (Å²) in [6, 6.07) is 25.8. The van der Waals surface area contributed by atoms with Crippen LogP contribution in [0.5, 0.6) is 5.75 Å². The number of H-pyrrole nitrogens is 2. The molecule has 0 aliphatic carbocycles. The van der Waals surface area contributed by atoms with Crippen LogP contribution in [0, 0.1) is 12.3 Å². The lowest BCUT2D eigenvalue weighted by Gasteiger charge is -2.34. The molecule has 0 spiro atoms. The maximum atomic E-state index is 5.49. The fraction of sp³-hybridized carbons (Fsp3) is 0.200. The van der Waals surface area contributed by atoms with Crippen molar-refractivity contribution in [3.63, 3.8) is 0 Å². The van der Waals surface area contributed by atoms with Gasteiger partial charge in [-0.25, -0.2) is 0 Å². The summed E-state index contributed by atoms with van der Waals surface area (Å²) in [5.74, 6) is 3.27. The number of nitrogens with zero attached hydrogens (tertiary/aromatic N) is 2. The van der Waals surface area contributed by atoms with Crippen LogP contribution >= 0.6 is 0 Å². The molecule has 0 atom stereocenters. The number of likely N-dealkylation sites (N-methyl/N-ethyl adjacent to an activating group) is 1. The minimum Gasteiger partial charge on any atom is -0.481 e. The molecule has 1 saturated heterocycles. The van der Waals surface area contributed by atoms with Gasteiger partial charge in [-0.15, -0.1) is 6.42 Å². The number of piperazine rings is 1. The smallest absolute Gasteiger partial charge is 0.148 e. The van der Waals surface area contributed by atoms with Crippen molar-refractivity contribution < 1.29 is 4.74 Å². The lowest BCUT2D eigenvalue weighted by atomic mass is 10.1. The van der Waals surface area contributed by atoms with Crippen molar-refractivity contribution in [2.24, 2.45) is 0 Å². The zero-order chi connectivity index (χ0) is 23.8. The van der Waals surface area contributed by atoms with Gasteiger partial charge in [-0.2, -0.15) is 0 Å². The molecule has 5 nitrogen and oxygen atoms in total. The molecule has 6 rings (SSSR count). The summed E-state index contributed by atoms with van der Waals surface area (Å²) in [6.45, 7) is 4.63. The second kappa shape index (κ2) is 8.90. The summed E-state index contributed by atoms with van der Waals surface area (Å²) in [6.07, 6.45) is 5.27. The number of nitrogens with one attached hydrogen (secondary N) is 2. The zero-order valence-electron chi connectivity index (χ0n) is 19.8. The molecule has 174 valence electrons. The van der Waals surface area contributed by atoms with Crippen molar-refractivity contribution >= 4 is 27.5 Å². The summed E-state index contributed by atoms with van der Waals surface area (Å²) in [7, 11) is 2.19. The molecule has 2 N–H and O–H groups in total. The number of ether oxygens (including phenoxy) is 1. The molecule has 2 aromatic heterocycles. The highest BCUT2D eigenvalue weighted by Gasteiger charge is 2.15. The molecule has 35 heavy (non-hydrogen) atoms. The van der Waals surface area contributed by atoms with Crippen molar-refractivity contribution in [3.05, 3.63) is 72.8 Å². The molecule has 0 amide bonds. The van der Waals surface area contributed by atoms with E-state index in [2.05, 4.69) is 81.3 Å². The fourth-order valence-electron chi connectivity index (χ4n) is 4.84. The Balaban J connectivity index is 1.27. The van der Waals surface area contributed by atoms with Gasteiger partial charge >= 0.3 is 0 Å². The topological polar surface area (TPSA) is 47.3 Å². The van der Waals surface area contributed by atoms with Crippen molar-refractivity contribution in [1.29, 1.82) is 0 Å². The predicted octanol–water partition coefficient (Wildman–Crippen LogP) is 5.75. The van der Waals surface area contributed by atoms with Gasteiger partial charge in [0.2, 0.25) is 0 Å². The van der Waals surface area contributed by atoms with Crippen LogP contribution in [0.2, 0.25) is 0 Å². The number of benzene rings is 3. The highest BCUT2D eigenvalue weighted by atomic mass is 16.5. The van der Waals surface area contributed by atoms with Crippen LogP contribution in [0.1, 0.15) is 0 Å². The normalized spacial score (nSPS) is 14.5. The van der Waals surface area contributed by atoms with Crippen LogP contribution in [0.4, 0.5) is 5.69 Å². The third kappa shape index (κ3) is 4.25. The quantitative estimate of drug-likeness (QED) is 0.329. The molecule has 5 aromatic rings. The Labute approximate surface area is 205 Å². The molecular formula is C30H28N4O. The third-order valence-electron chi connectivity index (χ3n) is 6.90. The Bertz CT molecular complexity index is 1530. The Morgan fingerprint density at radius 2 is 1.40 bits per heavy atom. The van der Waals surface area contributed by atoms with Crippen molar-refractivity contribution in [3.8, 4) is 40.6 Å². The summed E-state index contributed by atoms with van der Waals surface area (Å²) in [4.78, 5) is 12.1. The second-order valence-electron chi connectivity index (χ2n) is 9.25. The van der Waals surface area contributed by atoms with Gasteiger partial charge in [0.1, 0.15) is 12.4 Å². The van der Waals surface area contributed by atoms with Gasteiger partial charge in [-0.1, -0.05) is 24.1 Å². The fourth-order valence-corrected chi connectivity index (χ4v) is 4.84. The number of aromatic amines is 2. The second-order valence-corrected chi connectivity index (χ2v) is 9.25. The molecule has 5 heteroatoms. The minimum absolute atomic E-state index is 0.277. The van der Waals surface area contributed by atoms with E-state index in [0.29, 0.717) is 0 Å². The van der Waals surface area contributed by atoms with E-state index >= 15 is 0 Å². The number of hydrogen-bond donors (Lipinski definition) is 2. The maximum absolute atomic E-state index is 5.49. The summed E-state index contributed by atoms with van der Waals surface area (Å²) in [5.41, 5.74) is 8.06. The van der Waals surface area contributed by atoms with Crippen molar-refractivity contribution in [2.75, 3.05) is 44.7 Å². The van der Waals surface area contributed by atoms with Crippen LogP contribution in [0.25, 0.3) is 44.3 Å². The lowest BCUT2D eigenvalue weighted by Crippen LogP contribution is -2.44. The van der Waals surface area contributed by atoms with E-state index in [0.717, 1.165) is 54.4 Å². The average Bonchev–Trinajstić information content (AvgIpc) is 3.51. The number of terminal acetylenes is 1. The van der Waals surface area contributed by atoms with Gasteiger partial charge in [-0.3, -0.25) is 0 Å². The van der Waals surface area contributed by atoms with Gasteiger partial charge in [0.15, 0.2) is 0 Å². The van der Waals surface area contributed by atoms with Crippen LogP contribution in [0.15, 0.2) is 72.8 Å². The van der Waals surface area contributed by atoms with Crippen LogP contribution in [-0.4, -0.2) is 54.7 Å². The van der Waals surface area contributed by atoms with E-state index in [4.69, 9.17) is 11.2 Å². The molecule has 0 bridgehead atoms. The molecule has 0 radical (unpaired) electrons. The Hall–Kier alpha value is -4.14. The standard InChI is InChI=1S/C30H28N4O/c1-3-16-35-26-10-7-21(8-11-26)27-17-22-4-5-23(18-28(22)31-27)29-19-24-6-9-25(20-30(24)32-29)34-14-12-33(2)13-15-34/h1,4-11,17-20,31-32H,12-16H2,2H3. The largest absolute Gasteiger partial charge is 0.481 e. The first-order valence-electron chi connectivity index (χ1n) is 12.0. The average molecular weight is 461 g/mol. The van der Waals surface area contributed by atoms with E-state index in [9.17, 15) is 0 Å². The van der Waals surface area contributed by atoms with Gasteiger partial charge in [0.25, 0.3) is 0 Å². The number of rotatable bonds is 5. The molecular weight excluding hydrogens is 432 g/mol. The molecule has 3 heterocycles. The van der Waals surface area contributed by atoms with E-state index in [1.807, 2.05) is 24.3 Å². The van der Waals surface area contributed by atoms with Gasteiger partial charge in [0, 0.05) is 70.6 Å². The number of hydrogen-bond acceptors (Lipinski definition) is 3. The monoisotopic (exact) mass is 460 g/mol. The molecule has 0 saturated carbocycles. The van der Waals surface area contributed by atoms with Gasteiger partial charge < -0.3 is 24.5 Å². The highest BCUT2D eigenvalue weighted by molar-refractivity contribution is 5.92. The maximum Gasteiger partial charge on any atom is 0.148 e. The van der Waals surface area contributed by atoms with Crippen molar-refractivity contribution in [2.45, 2.75) is 0 Å². The van der Waals surface area contributed by atoms with Crippen LogP contribution < -0.4 is 9.64 Å². The summed E-state index contributed by atoms with van der Waals surface area (Å²) in [5, 5.41) is 2.42. The zero-order valence-corrected chi connectivity index (χ0v) is 19.8. The van der Waals surface area contributed by atoms with Gasteiger partial charge in [-0.05, 0) is 67.2 Å². The highest BCUT2D eigenvalue weighted by Crippen LogP contribution is 2.31. The predicted molar refractivity (Wildman–Crippen MR) is 145 cm³/mol. The molecule has 1 fully saturated rings. The summed E-state index contributed by atoms with van der Waals surface area (Å²) < 4.78 is 5.49. The van der Waals surface area contributed by atoms with E-state index in [1.54, 1.807) is 0 Å². The van der Waals surface area contributed by atoms with E-state index in [1.165, 1.54) is 27.5 Å². The number of fused-ring (bicyclic) bond motifs is 2. The third-order valence-corrected chi connectivity index (χ3v) is 6.90. The number of anilines is 1. The minimum atomic E-state index is 0.277. The van der Waals surface area contributed by atoms with E-state index in [-0.39, 0.29) is 6.61 Å². The van der Waals surface area contributed by atoms with Crippen molar-refractivity contribution in [1.82, 2.24) is 14.9 Å². The van der Waals surface area contributed by atoms with Crippen LogP contribution in [-0.2, 0) is 0 Å². The van der Waals surface area contributed by atoms with Crippen LogP contribution in [0.3, 0.4) is 0 Å². The first kappa shape index (κ1) is 21.4. The number of aromatic nitrogens is 2. The first-order chi connectivity index (χ1) is 17.2. The summed E-state index contributed by atoms with van der Waals surface area (Å²) >= 11 is 0. The van der Waals surface area contributed by atoms with Gasteiger partial charge in [0.05, 0.1) is 0 Å². The lowest BCUT2D eigenvalue weighted by molar-refractivity contribution is 0.313.